The molecule has 0 spiro atoms. The number of fused-ring (bicyclic) bond motifs is 1. The van der Waals surface area contributed by atoms with Gasteiger partial charge in [0.2, 0.25) is 10.0 Å². The average Bonchev–Trinajstić information content (AvgIpc) is 2.88. The zero-order valence-corrected chi connectivity index (χ0v) is 19.9. The summed E-state index contributed by atoms with van der Waals surface area (Å²) in [6.07, 6.45) is 0.446. The normalized spacial score (nSPS) is 14.6. The molecule has 9 heteroatoms. The zero-order chi connectivity index (χ0) is 25.0. The third-order valence-corrected chi connectivity index (χ3v) is 7.85. The molecule has 1 aliphatic heterocycles. The Kier molecular flexibility index (Phi) is 7.28. The van der Waals surface area contributed by atoms with Crippen molar-refractivity contribution in [3.05, 3.63) is 101 Å². The number of hydrogen-bond acceptors (Lipinski definition) is 5. The van der Waals surface area contributed by atoms with Crippen LogP contribution in [0.5, 0.6) is 0 Å². The van der Waals surface area contributed by atoms with E-state index in [1.165, 1.54) is 59.9 Å². The number of carbonyl (C=O) groups excluding carboxylic acids is 2. The van der Waals surface area contributed by atoms with Crippen LogP contribution in [0.2, 0.25) is 0 Å². The number of ether oxygens (including phenoxy) is 1. The predicted octanol–water partition coefficient (Wildman–Crippen LogP) is 3.61. The van der Waals surface area contributed by atoms with E-state index in [0.717, 1.165) is 11.1 Å². The number of sulfonamides is 1. The number of amides is 1. The first-order valence-electron chi connectivity index (χ1n) is 11.1. The number of hydrogen-bond donors (Lipinski definition) is 1. The molecule has 0 saturated carbocycles. The lowest BCUT2D eigenvalue weighted by Crippen LogP contribution is -2.36. The van der Waals surface area contributed by atoms with Crippen LogP contribution in [0.3, 0.4) is 0 Å². The van der Waals surface area contributed by atoms with E-state index in [1.807, 2.05) is 24.3 Å². The number of nitrogens with zero attached hydrogens (tertiary/aromatic N) is 1. The minimum atomic E-state index is -3.83. The third-order valence-electron chi connectivity index (χ3n) is 6.01. The second-order valence-corrected chi connectivity index (χ2v) is 10.2. The van der Waals surface area contributed by atoms with Crippen LogP contribution in [0.4, 0.5) is 4.39 Å². The first-order chi connectivity index (χ1) is 16.8. The van der Waals surface area contributed by atoms with Gasteiger partial charge < -0.3 is 10.1 Å². The quantitative estimate of drug-likeness (QED) is 0.505. The van der Waals surface area contributed by atoms with Gasteiger partial charge in [0.25, 0.3) is 5.91 Å². The van der Waals surface area contributed by atoms with Crippen molar-refractivity contribution in [3.8, 4) is 0 Å². The molecule has 3 aromatic rings. The van der Waals surface area contributed by atoms with E-state index >= 15 is 0 Å². The van der Waals surface area contributed by atoms with Gasteiger partial charge in [-0.25, -0.2) is 12.8 Å². The van der Waals surface area contributed by atoms with Crippen molar-refractivity contribution in [2.24, 2.45) is 0 Å². The van der Waals surface area contributed by atoms with E-state index in [9.17, 15) is 22.4 Å². The molecule has 1 unspecified atom stereocenters. The summed E-state index contributed by atoms with van der Waals surface area (Å²) in [5.74, 6) is -1.57. The number of esters is 1. The largest absolute Gasteiger partial charge is 0.469 e. The number of nitrogens with one attached hydrogen (secondary N) is 1. The lowest BCUT2D eigenvalue weighted by molar-refractivity contribution is -0.141. The smallest absolute Gasteiger partial charge is 0.307 e. The molecule has 1 N–H and O–H groups in total. The Morgan fingerprint density at radius 2 is 1.74 bits per heavy atom. The molecule has 1 heterocycles. The molecular formula is C26H25FN2O5S. The summed E-state index contributed by atoms with van der Waals surface area (Å²) in [6, 6.07) is 18.1. The van der Waals surface area contributed by atoms with Crippen LogP contribution in [0.15, 0.2) is 77.7 Å². The van der Waals surface area contributed by atoms with E-state index in [-0.39, 0.29) is 23.4 Å². The molecule has 182 valence electrons. The Hall–Kier alpha value is -3.56. The Balaban J connectivity index is 1.55. The van der Waals surface area contributed by atoms with Crippen molar-refractivity contribution in [1.82, 2.24) is 9.62 Å². The molecule has 0 bridgehead atoms. The second kappa shape index (κ2) is 10.4. The van der Waals surface area contributed by atoms with Crippen LogP contribution < -0.4 is 5.32 Å². The minimum absolute atomic E-state index is 0.0100. The molecule has 1 atom stereocenters. The monoisotopic (exact) mass is 496 g/mol. The van der Waals surface area contributed by atoms with E-state index in [2.05, 4.69) is 5.32 Å². The van der Waals surface area contributed by atoms with Gasteiger partial charge in [0.05, 0.1) is 24.5 Å². The molecule has 35 heavy (non-hydrogen) atoms. The van der Waals surface area contributed by atoms with Gasteiger partial charge in [0.15, 0.2) is 0 Å². The van der Waals surface area contributed by atoms with Crippen molar-refractivity contribution >= 4 is 21.9 Å². The van der Waals surface area contributed by atoms with Gasteiger partial charge in [-0.2, -0.15) is 4.31 Å². The zero-order valence-electron chi connectivity index (χ0n) is 19.1. The van der Waals surface area contributed by atoms with Crippen LogP contribution in [-0.2, 0) is 32.5 Å². The first kappa shape index (κ1) is 24.6. The Morgan fingerprint density at radius 3 is 2.46 bits per heavy atom. The third kappa shape index (κ3) is 5.58. The summed E-state index contributed by atoms with van der Waals surface area (Å²) in [5, 5.41) is 2.73. The standard InChI is InChI=1S/C26H25FN2O5S/c1-34-25(30)16-24(19-9-11-22(27)12-10-19)28-26(31)20-7-4-8-23(15-20)35(32,33)29-14-13-18-5-2-3-6-21(18)17-29/h2-12,15,24H,13-14,16-17H2,1H3,(H,28,31). The summed E-state index contributed by atoms with van der Waals surface area (Å²) in [7, 11) is -2.60. The van der Waals surface area contributed by atoms with Crippen molar-refractivity contribution in [3.63, 3.8) is 0 Å². The Labute approximate surface area is 203 Å². The Morgan fingerprint density at radius 1 is 1.03 bits per heavy atom. The van der Waals surface area contributed by atoms with Crippen LogP contribution in [-0.4, -0.2) is 38.3 Å². The highest BCUT2D eigenvalue weighted by molar-refractivity contribution is 7.89. The van der Waals surface area contributed by atoms with Gasteiger partial charge in [-0.1, -0.05) is 42.5 Å². The predicted molar refractivity (Wildman–Crippen MR) is 127 cm³/mol. The number of methoxy groups -OCH3 is 1. The van der Waals surface area contributed by atoms with Crippen LogP contribution >= 0.6 is 0 Å². The van der Waals surface area contributed by atoms with E-state index in [4.69, 9.17) is 4.74 Å². The topological polar surface area (TPSA) is 92.8 Å². The fourth-order valence-electron chi connectivity index (χ4n) is 4.06. The molecule has 1 amide bonds. The van der Waals surface area contributed by atoms with Crippen molar-refractivity contribution in [1.29, 1.82) is 0 Å². The highest BCUT2D eigenvalue weighted by Gasteiger charge is 2.29. The number of rotatable bonds is 7. The van der Waals surface area contributed by atoms with Crippen LogP contribution in [0.1, 0.15) is 39.5 Å². The second-order valence-electron chi connectivity index (χ2n) is 8.24. The van der Waals surface area contributed by atoms with Crippen LogP contribution in [0.25, 0.3) is 0 Å². The minimum Gasteiger partial charge on any atom is -0.469 e. The SMILES string of the molecule is COC(=O)CC(NC(=O)c1cccc(S(=O)(=O)N2CCc3ccccc3C2)c1)c1ccc(F)cc1. The lowest BCUT2D eigenvalue weighted by Gasteiger charge is -2.28. The highest BCUT2D eigenvalue weighted by Crippen LogP contribution is 2.26. The number of halogens is 1. The van der Waals surface area contributed by atoms with Crippen LogP contribution in [0, 0.1) is 5.82 Å². The number of benzene rings is 3. The molecule has 0 aliphatic carbocycles. The summed E-state index contributed by atoms with van der Waals surface area (Å²) in [5.41, 5.74) is 2.73. The maximum Gasteiger partial charge on any atom is 0.307 e. The molecule has 4 rings (SSSR count). The summed E-state index contributed by atoms with van der Waals surface area (Å²) < 4.78 is 46.1. The fraction of sp³-hybridized carbons (Fsp3) is 0.231. The van der Waals surface area contributed by atoms with Gasteiger partial charge in [-0.3, -0.25) is 9.59 Å². The number of carbonyl (C=O) groups is 2. The summed E-state index contributed by atoms with van der Waals surface area (Å²) in [4.78, 5) is 24.9. The molecule has 3 aromatic carbocycles. The van der Waals surface area contributed by atoms with Crippen molar-refractivity contribution in [2.45, 2.75) is 30.3 Å². The fourth-order valence-corrected chi connectivity index (χ4v) is 5.53. The maximum atomic E-state index is 13.4. The molecular weight excluding hydrogens is 471 g/mol. The van der Waals surface area contributed by atoms with Gasteiger partial charge in [0.1, 0.15) is 5.82 Å². The van der Waals surface area contributed by atoms with Gasteiger partial charge in [-0.15, -0.1) is 0 Å². The van der Waals surface area contributed by atoms with Crippen molar-refractivity contribution in [2.75, 3.05) is 13.7 Å². The molecule has 0 saturated heterocycles. The Bertz CT molecular complexity index is 1340. The molecule has 0 aromatic heterocycles. The molecule has 1 aliphatic rings. The lowest BCUT2D eigenvalue weighted by atomic mass is 10.0. The van der Waals surface area contributed by atoms with E-state index < -0.39 is 33.8 Å². The maximum absolute atomic E-state index is 13.4. The van der Waals surface area contributed by atoms with Gasteiger partial charge >= 0.3 is 5.97 Å². The molecule has 7 nitrogen and oxygen atoms in total. The van der Waals surface area contributed by atoms with Gasteiger partial charge in [0, 0.05) is 18.7 Å². The summed E-state index contributed by atoms with van der Waals surface area (Å²) in [6.45, 7) is 0.613. The first-order valence-corrected chi connectivity index (χ1v) is 12.5. The highest BCUT2D eigenvalue weighted by atomic mass is 32.2. The molecule has 0 fully saturated rings. The van der Waals surface area contributed by atoms with Gasteiger partial charge in [-0.05, 0) is 53.4 Å². The van der Waals surface area contributed by atoms with E-state index in [0.29, 0.717) is 18.5 Å². The molecule has 0 radical (unpaired) electrons. The average molecular weight is 497 g/mol. The summed E-state index contributed by atoms with van der Waals surface area (Å²) >= 11 is 0. The van der Waals surface area contributed by atoms with Crippen molar-refractivity contribution < 1.29 is 27.1 Å². The van der Waals surface area contributed by atoms with E-state index in [1.54, 1.807) is 0 Å².